The molecule has 2 amide bonds. The van der Waals surface area contributed by atoms with Crippen molar-refractivity contribution < 1.29 is 9.59 Å². The van der Waals surface area contributed by atoms with Gasteiger partial charge in [0.15, 0.2) is 0 Å². The molecule has 0 saturated carbocycles. The Balaban J connectivity index is 1.59. The molecule has 1 aromatic carbocycles. The number of carbonyl (C=O) groups is 2. The van der Waals surface area contributed by atoms with Crippen LogP contribution in [0.2, 0.25) is 0 Å². The fourth-order valence-electron chi connectivity index (χ4n) is 4.79. The standard InChI is InChI=1S/C22H33N3O2/c1-3-24-16-20(19-7-5-4-6-8-19)15-22(17-24)10-13-25(14-11-22)21(27)9-12-23-18(2)26/h4-8,20H,3,9-17H2,1-2H3,(H,23,26)/t20-/m0/s1. The highest BCUT2D eigenvalue weighted by Gasteiger charge is 2.42. The number of hydrogen-bond donors (Lipinski definition) is 1. The SMILES string of the molecule is CCN1C[C@@H](c2ccccc2)CC2(CCN(C(=O)CCNC(C)=O)CC2)C1. The number of nitrogens with one attached hydrogen (secondary N) is 1. The van der Waals surface area contributed by atoms with Gasteiger partial charge < -0.3 is 15.1 Å². The van der Waals surface area contributed by atoms with E-state index in [1.807, 2.05) is 4.90 Å². The number of likely N-dealkylation sites (tertiary alicyclic amines) is 2. The molecule has 2 saturated heterocycles. The third-order valence-corrected chi connectivity index (χ3v) is 6.32. The minimum absolute atomic E-state index is 0.0748. The van der Waals surface area contributed by atoms with Gasteiger partial charge in [-0.25, -0.2) is 0 Å². The van der Waals surface area contributed by atoms with Crippen molar-refractivity contribution in [1.82, 2.24) is 15.1 Å². The third-order valence-electron chi connectivity index (χ3n) is 6.32. The van der Waals surface area contributed by atoms with Gasteiger partial charge in [-0.1, -0.05) is 37.3 Å². The number of nitrogens with zero attached hydrogens (tertiary/aromatic N) is 2. The molecule has 0 aliphatic carbocycles. The van der Waals surface area contributed by atoms with Gasteiger partial charge in [0, 0.05) is 46.1 Å². The molecule has 0 bridgehead atoms. The Morgan fingerprint density at radius 3 is 2.52 bits per heavy atom. The molecule has 2 aliphatic heterocycles. The van der Waals surface area contributed by atoms with E-state index >= 15 is 0 Å². The quantitative estimate of drug-likeness (QED) is 0.866. The molecule has 5 heteroatoms. The van der Waals surface area contributed by atoms with E-state index in [-0.39, 0.29) is 11.8 Å². The van der Waals surface area contributed by atoms with Gasteiger partial charge in [0.2, 0.25) is 11.8 Å². The fraction of sp³-hybridized carbons (Fsp3) is 0.636. The van der Waals surface area contributed by atoms with E-state index < -0.39 is 0 Å². The van der Waals surface area contributed by atoms with Crippen LogP contribution >= 0.6 is 0 Å². The van der Waals surface area contributed by atoms with E-state index in [9.17, 15) is 9.59 Å². The van der Waals surface area contributed by atoms with Gasteiger partial charge in [0.1, 0.15) is 0 Å². The Bertz CT molecular complexity index is 638. The molecular formula is C22H33N3O2. The van der Waals surface area contributed by atoms with Gasteiger partial charge in [-0.05, 0) is 42.7 Å². The highest BCUT2D eigenvalue weighted by Crippen LogP contribution is 2.45. The predicted octanol–water partition coefficient (Wildman–Crippen LogP) is 2.63. The summed E-state index contributed by atoms with van der Waals surface area (Å²) in [5.74, 6) is 0.678. The molecule has 2 aliphatic rings. The highest BCUT2D eigenvalue weighted by molar-refractivity contribution is 5.78. The minimum Gasteiger partial charge on any atom is -0.356 e. The molecule has 3 rings (SSSR count). The zero-order chi connectivity index (χ0) is 19.3. The van der Waals surface area contributed by atoms with Crippen molar-refractivity contribution in [1.29, 1.82) is 0 Å². The lowest BCUT2D eigenvalue weighted by Crippen LogP contribution is -2.52. The fourth-order valence-corrected chi connectivity index (χ4v) is 4.79. The van der Waals surface area contributed by atoms with Gasteiger partial charge in [-0.3, -0.25) is 9.59 Å². The summed E-state index contributed by atoms with van der Waals surface area (Å²) >= 11 is 0. The number of hydrogen-bond acceptors (Lipinski definition) is 3. The van der Waals surface area contributed by atoms with Gasteiger partial charge in [0.05, 0.1) is 0 Å². The van der Waals surface area contributed by atoms with Crippen molar-refractivity contribution in [2.45, 2.75) is 45.4 Å². The second-order valence-corrected chi connectivity index (χ2v) is 8.25. The Labute approximate surface area is 163 Å². The van der Waals surface area contributed by atoms with Crippen LogP contribution in [0.25, 0.3) is 0 Å². The predicted molar refractivity (Wildman–Crippen MR) is 107 cm³/mol. The molecule has 0 radical (unpaired) electrons. The van der Waals surface area contributed by atoms with E-state index in [0.717, 1.165) is 45.6 Å². The summed E-state index contributed by atoms with van der Waals surface area (Å²) in [6.07, 6.45) is 3.79. The number of amides is 2. The summed E-state index contributed by atoms with van der Waals surface area (Å²) in [5.41, 5.74) is 1.77. The maximum atomic E-state index is 12.4. The number of piperidine rings is 2. The van der Waals surface area contributed by atoms with Crippen molar-refractivity contribution in [3.63, 3.8) is 0 Å². The smallest absolute Gasteiger partial charge is 0.224 e. The molecule has 1 aromatic rings. The van der Waals surface area contributed by atoms with Crippen LogP contribution in [-0.4, -0.2) is 60.9 Å². The molecule has 0 aromatic heterocycles. The van der Waals surface area contributed by atoms with Gasteiger partial charge >= 0.3 is 0 Å². The zero-order valence-electron chi connectivity index (χ0n) is 16.7. The lowest BCUT2D eigenvalue weighted by atomic mass is 9.68. The number of carbonyl (C=O) groups excluding carboxylic acids is 2. The Morgan fingerprint density at radius 1 is 1.19 bits per heavy atom. The van der Waals surface area contributed by atoms with E-state index in [4.69, 9.17) is 0 Å². The van der Waals surface area contributed by atoms with Crippen molar-refractivity contribution in [3.05, 3.63) is 35.9 Å². The number of rotatable bonds is 5. The van der Waals surface area contributed by atoms with E-state index in [1.54, 1.807) is 0 Å². The first-order valence-corrected chi connectivity index (χ1v) is 10.3. The zero-order valence-corrected chi connectivity index (χ0v) is 16.7. The van der Waals surface area contributed by atoms with Gasteiger partial charge in [-0.2, -0.15) is 0 Å². The summed E-state index contributed by atoms with van der Waals surface area (Å²) in [6, 6.07) is 10.9. The molecule has 1 N–H and O–H groups in total. The number of benzene rings is 1. The molecule has 2 fully saturated rings. The topological polar surface area (TPSA) is 52.6 Å². The Kier molecular flexibility index (Phi) is 6.53. The average Bonchev–Trinajstić information content (AvgIpc) is 2.68. The van der Waals surface area contributed by atoms with Crippen molar-refractivity contribution in [2.75, 3.05) is 39.3 Å². The van der Waals surface area contributed by atoms with Crippen LogP contribution in [0, 0.1) is 5.41 Å². The molecule has 27 heavy (non-hydrogen) atoms. The third kappa shape index (κ3) is 5.10. The number of likely N-dealkylation sites (N-methyl/N-ethyl adjacent to an activating group) is 1. The summed E-state index contributed by atoms with van der Waals surface area (Å²) in [7, 11) is 0. The Morgan fingerprint density at radius 2 is 1.89 bits per heavy atom. The van der Waals surface area contributed by atoms with Crippen LogP contribution in [0.3, 0.4) is 0 Å². The van der Waals surface area contributed by atoms with Crippen LogP contribution in [0.4, 0.5) is 0 Å². The van der Waals surface area contributed by atoms with Crippen molar-refractivity contribution in [2.24, 2.45) is 5.41 Å². The van der Waals surface area contributed by atoms with Crippen LogP contribution in [0.15, 0.2) is 30.3 Å². The summed E-state index contributed by atoms with van der Waals surface area (Å²) < 4.78 is 0. The lowest BCUT2D eigenvalue weighted by molar-refractivity contribution is -0.134. The monoisotopic (exact) mass is 371 g/mol. The van der Waals surface area contributed by atoms with Crippen LogP contribution in [0.1, 0.15) is 51.0 Å². The van der Waals surface area contributed by atoms with Gasteiger partial charge in [0.25, 0.3) is 0 Å². The largest absolute Gasteiger partial charge is 0.356 e. The maximum absolute atomic E-state index is 12.4. The lowest BCUT2D eigenvalue weighted by Gasteiger charge is -2.50. The highest BCUT2D eigenvalue weighted by atomic mass is 16.2. The molecular weight excluding hydrogens is 338 g/mol. The molecule has 1 atom stereocenters. The summed E-state index contributed by atoms with van der Waals surface area (Å²) in [5, 5.41) is 2.72. The summed E-state index contributed by atoms with van der Waals surface area (Å²) in [6.45, 7) is 9.25. The molecule has 148 valence electrons. The maximum Gasteiger partial charge on any atom is 0.224 e. The van der Waals surface area contributed by atoms with Crippen molar-refractivity contribution >= 4 is 11.8 Å². The van der Waals surface area contributed by atoms with Crippen LogP contribution in [0.5, 0.6) is 0 Å². The van der Waals surface area contributed by atoms with Crippen molar-refractivity contribution in [3.8, 4) is 0 Å². The van der Waals surface area contributed by atoms with E-state index in [1.165, 1.54) is 18.9 Å². The van der Waals surface area contributed by atoms with E-state index in [0.29, 0.717) is 24.3 Å². The normalized spacial score (nSPS) is 22.6. The molecule has 2 heterocycles. The van der Waals surface area contributed by atoms with Gasteiger partial charge in [-0.15, -0.1) is 0 Å². The molecule has 5 nitrogen and oxygen atoms in total. The van der Waals surface area contributed by atoms with Crippen LogP contribution in [-0.2, 0) is 9.59 Å². The molecule has 0 unspecified atom stereocenters. The van der Waals surface area contributed by atoms with Crippen LogP contribution < -0.4 is 5.32 Å². The van der Waals surface area contributed by atoms with E-state index in [2.05, 4.69) is 47.5 Å². The first kappa shape index (κ1) is 19.9. The first-order chi connectivity index (χ1) is 13.0. The first-order valence-electron chi connectivity index (χ1n) is 10.3. The Hall–Kier alpha value is -1.88. The average molecular weight is 372 g/mol. The second kappa shape index (κ2) is 8.87. The molecule has 1 spiro atoms. The minimum atomic E-state index is -0.0748. The summed E-state index contributed by atoms with van der Waals surface area (Å²) in [4.78, 5) is 28.0. The second-order valence-electron chi connectivity index (χ2n) is 8.25.